The van der Waals surface area contributed by atoms with Crippen molar-refractivity contribution in [3.63, 3.8) is 0 Å². The molecule has 0 aliphatic rings. The predicted octanol–water partition coefficient (Wildman–Crippen LogP) is 6.49. The highest BCUT2D eigenvalue weighted by Crippen LogP contribution is 2.36. The first-order chi connectivity index (χ1) is 12.6. The number of amides is 1. The summed E-state index contributed by atoms with van der Waals surface area (Å²) in [5.74, 6) is -1.37. The van der Waals surface area contributed by atoms with Crippen LogP contribution in [0.2, 0.25) is 0 Å². The quantitative estimate of drug-likeness (QED) is 0.464. The Balaban J connectivity index is 1.91. The van der Waals surface area contributed by atoms with E-state index in [1.54, 1.807) is 18.2 Å². The molecule has 0 unspecified atom stereocenters. The standard InChI is InChI=1S/C20H18BrNO3S2/c1-20(2,3)12-6-4-11(5-7-12)15-10-13(17(27-15)19(24)25)22-18(23)14-8-9-16(21)26-14/h4-10H,1-3H3,(H,22,23)(H,24,25). The summed E-state index contributed by atoms with van der Waals surface area (Å²) < 4.78 is 0.844. The topological polar surface area (TPSA) is 66.4 Å². The van der Waals surface area contributed by atoms with Crippen molar-refractivity contribution in [2.45, 2.75) is 26.2 Å². The highest BCUT2D eigenvalue weighted by atomic mass is 79.9. The van der Waals surface area contributed by atoms with Gasteiger partial charge in [-0.05, 0) is 50.7 Å². The van der Waals surface area contributed by atoms with Crippen molar-refractivity contribution in [2.24, 2.45) is 0 Å². The normalized spacial score (nSPS) is 11.4. The number of thiophene rings is 2. The van der Waals surface area contributed by atoms with Crippen LogP contribution in [0.3, 0.4) is 0 Å². The molecule has 3 aromatic rings. The van der Waals surface area contributed by atoms with Crippen LogP contribution < -0.4 is 5.32 Å². The molecule has 0 fully saturated rings. The van der Waals surface area contributed by atoms with Gasteiger partial charge >= 0.3 is 5.97 Å². The first-order valence-corrected chi connectivity index (χ1v) is 10.6. The maximum Gasteiger partial charge on any atom is 0.348 e. The largest absolute Gasteiger partial charge is 0.477 e. The van der Waals surface area contributed by atoms with Crippen LogP contribution in [0.4, 0.5) is 5.69 Å². The molecule has 0 bridgehead atoms. The summed E-state index contributed by atoms with van der Waals surface area (Å²) in [5.41, 5.74) is 2.50. The van der Waals surface area contributed by atoms with Gasteiger partial charge < -0.3 is 10.4 Å². The molecule has 0 saturated heterocycles. The SMILES string of the molecule is CC(C)(C)c1ccc(-c2cc(NC(=O)c3ccc(Br)s3)c(C(=O)O)s2)cc1. The first kappa shape index (κ1) is 19.8. The Hall–Kier alpha value is -1.96. The molecule has 2 aromatic heterocycles. The van der Waals surface area contributed by atoms with Gasteiger partial charge in [0.05, 0.1) is 14.4 Å². The van der Waals surface area contributed by atoms with Crippen LogP contribution in [-0.2, 0) is 5.41 Å². The van der Waals surface area contributed by atoms with E-state index in [-0.39, 0.29) is 16.2 Å². The van der Waals surface area contributed by atoms with Crippen molar-refractivity contribution in [3.05, 3.63) is 61.6 Å². The molecule has 2 N–H and O–H groups in total. The minimum Gasteiger partial charge on any atom is -0.477 e. The molecule has 27 heavy (non-hydrogen) atoms. The average molecular weight is 464 g/mol. The number of hydrogen-bond donors (Lipinski definition) is 2. The molecular formula is C20H18BrNO3S2. The lowest BCUT2D eigenvalue weighted by Gasteiger charge is -2.18. The molecule has 1 aromatic carbocycles. The van der Waals surface area contributed by atoms with Gasteiger partial charge in [0.1, 0.15) is 4.88 Å². The smallest absolute Gasteiger partial charge is 0.348 e. The lowest BCUT2D eigenvalue weighted by molar-refractivity contribution is 0.0703. The van der Waals surface area contributed by atoms with Crippen molar-refractivity contribution in [1.29, 1.82) is 0 Å². The number of benzene rings is 1. The van der Waals surface area contributed by atoms with E-state index in [2.05, 4.69) is 54.2 Å². The third kappa shape index (κ3) is 4.48. The second-order valence-corrected chi connectivity index (χ2v) is 10.6. The molecule has 3 rings (SSSR count). The Morgan fingerprint density at radius 1 is 1.04 bits per heavy atom. The van der Waals surface area contributed by atoms with Gasteiger partial charge in [0.15, 0.2) is 0 Å². The minimum absolute atomic E-state index is 0.0499. The molecule has 4 nitrogen and oxygen atoms in total. The van der Waals surface area contributed by atoms with Gasteiger partial charge in [-0.25, -0.2) is 4.79 Å². The minimum atomic E-state index is -1.06. The van der Waals surface area contributed by atoms with Gasteiger partial charge in [0.25, 0.3) is 5.91 Å². The van der Waals surface area contributed by atoms with Gasteiger partial charge in [0.2, 0.25) is 0 Å². The fourth-order valence-corrected chi connectivity index (χ4v) is 4.78. The fraction of sp³-hybridized carbons (Fsp3) is 0.200. The van der Waals surface area contributed by atoms with E-state index in [1.807, 2.05) is 12.1 Å². The van der Waals surface area contributed by atoms with E-state index in [0.29, 0.717) is 10.6 Å². The molecule has 0 radical (unpaired) electrons. The fourth-order valence-electron chi connectivity index (χ4n) is 2.54. The maximum absolute atomic E-state index is 12.4. The van der Waals surface area contributed by atoms with Crippen molar-refractivity contribution in [2.75, 3.05) is 5.32 Å². The Morgan fingerprint density at radius 3 is 2.22 bits per heavy atom. The lowest BCUT2D eigenvalue weighted by atomic mass is 9.86. The van der Waals surface area contributed by atoms with Crippen LogP contribution in [0.25, 0.3) is 10.4 Å². The van der Waals surface area contributed by atoms with Crippen LogP contribution >= 0.6 is 38.6 Å². The van der Waals surface area contributed by atoms with E-state index in [4.69, 9.17) is 0 Å². The molecule has 140 valence electrons. The third-order valence-corrected chi connectivity index (χ3v) is 6.80. The molecule has 0 atom stereocenters. The molecular weight excluding hydrogens is 446 g/mol. The number of carboxylic acid groups (broad SMARTS) is 1. The highest BCUT2D eigenvalue weighted by molar-refractivity contribution is 9.11. The second-order valence-electron chi connectivity index (χ2n) is 7.04. The molecule has 0 saturated carbocycles. The average Bonchev–Trinajstić information content (AvgIpc) is 3.21. The Morgan fingerprint density at radius 2 is 1.70 bits per heavy atom. The second kappa shape index (κ2) is 7.58. The van der Waals surface area contributed by atoms with Crippen LogP contribution in [-0.4, -0.2) is 17.0 Å². The molecule has 0 aliphatic heterocycles. The van der Waals surface area contributed by atoms with Crippen molar-refractivity contribution in [1.82, 2.24) is 0 Å². The number of anilines is 1. The van der Waals surface area contributed by atoms with Crippen LogP contribution in [0.1, 0.15) is 45.7 Å². The van der Waals surface area contributed by atoms with Crippen LogP contribution in [0.15, 0.2) is 46.3 Å². The summed E-state index contributed by atoms with van der Waals surface area (Å²) in [6, 6.07) is 13.3. The van der Waals surface area contributed by atoms with E-state index in [1.165, 1.54) is 16.9 Å². The number of carbonyl (C=O) groups is 2. The van der Waals surface area contributed by atoms with Crippen molar-refractivity contribution < 1.29 is 14.7 Å². The highest BCUT2D eigenvalue weighted by Gasteiger charge is 2.20. The van der Waals surface area contributed by atoms with Crippen LogP contribution in [0.5, 0.6) is 0 Å². The summed E-state index contributed by atoms with van der Waals surface area (Å²) >= 11 is 5.78. The van der Waals surface area contributed by atoms with Gasteiger partial charge in [-0.3, -0.25) is 4.79 Å². The molecule has 7 heteroatoms. The zero-order chi connectivity index (χ0) is 19.8. The Bertz CT molecular complexity index is 997. The number of carbonyl (C=O) groups excluding carboxylic acids is 1. The third-order valence-electron chi connectivity index (χ3n) is 4.01. The van der Waals surface area contributed by atoms with Gasteiger partial charge in [-0.15, -0.1) is 22.7 Å². The maximum atomic E-state index is 12.4. The predicted molar refractivity (Wildman–Crippen MR) is 115 cm³/mol. The van der Waals surface area contributed by atoms with Crippen molar-refractivity contribution >= 4 is 56.2 Å². The summed E-state index contributed by atoms with van der Waals surface area (Å²) in [6.45, 7) is 6.44. The number of hydrogen-bond acceptors (Lipinski definition) is 4. The number of nitrogens with one attached hydrogen (secondary N) is 1. The van der Waals surface area contributed by atoms with E-state index in [0.717, 1.165) is 25.6 Å². The molecule has 0 aliphatic carbocycles. The molecule has 2 heterocycles. The number of halogens is 1. The van der Waals surface area contributed by atoms with Crippen LogP contribution in [0, 0.1) is 0 Å². The van der Waals surface area contributed by atoms with E-state index >= 15 is 0 Å². The van der Waals surface area contributed by atoms with Gasteiger partial charge in [-0.1, -0.05) is 45.0 Å². The van der Waals surface area contributed by atoms with Gasteiger partial charge in [-0.2, -0.15) is 0 Å². The van der Waals surface area contributed by atoms with E-state index < -0.39 is 5.97 Å². The summed E-state index contributed by atoms with van der Waals surface area (Å²) in [4.78, 5) is 25.5. The number of rotatable bonds is 4. The monoisotopic (exact) mass is 463 g/mol. The van der Waals surface area contributed by atoms with E-state index in [9.17, 15) is 14.7 Å². The molecule has 1 amide bonds. The first-order valence-electron chi connectivity index (χ1n) is 8.20. The summed E-state index contributed by atoms with van der Waals surface area (Å²) in [6.07, 6.45) is 0. The number of carboxylic acids is 1. The summed E-state index contributed by atoms with van der Waals surface area (Å²) in [7, 11) is 0. The Labute approximate surface area is 174 Å². The van der Waals surface area contributed by atoms with Crippen molar-refractivity contribution in [3.8, 4) is 10.4 Å². The zero-order valence-electron chi connectivity index (χ0n) is 15.0. The molecule has 0 spiro atoms. The lowest BCUT2D eigenvalue weighted by Crippen LogP contribution is -2.11. The zero-order valence-corrected chi connectivity index (χ0v) is 18.2. The summed E-state index contributed by atoms with van der Waals surface area (Å²) in [5, 5.41) is 12.2. The van der Waals surface area contributed by atoms with Gasteiger partial charge in [0, 0.05) is 4.88 Å². The number of aromatic carboxylic acids is 1. The Kier molecular flexibility index (Phi) is 5.55.